The van der Waals surface area contributed by atoms with Gasteiger partial charge in [-0.1, -0.05) is 13.3 Å². The molecule has 2 N–H and O–H groups in total. The van der Waals surface area contributed by atoms with Gasteiger partial charge in [-0.05, 0) is 39.3 Å². The Morgan fingerprint density at radius 3 is 2.38 bits per heavy atom. The average Bonchev–Trinajstić information content (AvgIpc) is 2.37. The lowest BCUT2D eigenvalue weighted by Crippen LogP contribution is -2.30. The molecule has 6 nitrogen and oxygen atoms in total. The van der Waals surface area contributed by atoms with Crippen LogP contribution in [-0.4, -0.2) is 35.3 Å². The van der Waals surface area contributed by atoms with Crippen molar-refractivity contribution < 1.29 is 18.3 Å². The summed E-state index contributed by atoms with van der Waals surface area (Å²) in [5, 5.41) is 11.9. The molecular weight excluding hydrogens is 292 g/mol. The van der Waals surface area contributed by atoms with Gasteiger partial charge in [0.25, 0.3) is 0 Å². The molecule has 0 bridgehead atoms. The van der Waals surface area contributed by atoms with Crippen LogP contribution in [0.15, 0.2) is 23.4 Å². The number of nitrogens with zero attached hydrogens (tertiary/aromatic N) is 1. The molecule has 21 heavy (non-hydrogen) atoms. The van der Waals surface area contributed by atoms with Crippen molar-refractivity contribution in [3.8, 4) is 0 Å². The van der Waals surface area contributed by atoms with Crippen molar-refractivity contribution in [3.63, 3.8) is 0 Å². The zero-order valence-corrected chi connectivity index (χ0v) is 13.6. The minimum atomic E-state index is -3.50. The first-order valence-electron chi connectivity index (χ1n) is 6.79. The van der Waals surface area contributed by atoms with Crippen LogP contribution in [0.3, 0.4) is 0 Å². The first-order chi connectivity index (χ1) is 9.59. The number of carboxylic acids is 1. The summed E-state index contributed by atoms with van der Waals surface area (Å²) in [5.74, 6) is -0.941. The molecule has 1 heterocycles. The molecule has 1 unspecified atom stereocenters. The number of anilines is 1. The number of aliphatic carboxylic acids is 1. The molecule has 0 aromatic carbocycles. The maximum atomic E-state index is 12.2. The first-order valence-corrected chi connectivity index (χ1v) is 8.28. The largest absolute Gasteiger partial charge is 0.480 e. The average molecular weight is 314 g/mol. The van der Waals surface area contributed by atoms with Gasteiger partial charge in [-0.3, -0.25) is 0 Å². The number of sulfone groups is 1. The van der Waals surface area contributed by atoms with E-state index in [4.69, 9.17) is 5.11 Å². The second-order valence-electron chi connectivity index (χ2n) is 5.82. The fourth-order valence-electron chi connectivity index (χ4n) is 1.69. The number of hydrogen-bond acceptors (Lipinski definition) is 5. The summed E-state index contributed by atoms with van der Waals surface area (Å²) >= 11 is 0. The fraction of sp³-hybridized carbons (Fsp3) is 0.571. The molecule has 0 radical (unpaired) electrons. The molecule has 118 valence electrons. The highest BCUT2D eigenvalue weighted by Crippen LogP contribution is 2.24. The molecule has 1 aromatic rings. The van der Waals surface area contributed by atoms with Gasteiger partial charge in [-0.25, -0.2) is 18.2 Å². The molecule has 0 saturated carbocycles. The molecule has 1 atom stereocenters. The Hall–Kier alpha value is -1.63. The van der Waals surface area contributed by atoms with Crippen molar-refractivity contribution >= 4 is 21.5 Å². The summed E-state index contributed by atoms with van der Waals surface area (Å²) < 4.78 is 23.5. The van der Waals surface area contributed by atoms with E-state index in [0.717, 1.165) is 6.42 Å². The molecule has 0 spiro atoms. The lowest BCUT2D eigenvalue weighted by atomic mass is 10.1. The predicted molar refractivity (Wildman–Crippen MR) is 81.1 cm³/mol. The normalized spacial score (nSPS) is 13.7. The quantitative estimate of drug-likeness (QED) is 0.836. The van der Waals surface area contributed by atoms with Crippen molar-refractivity contribution in [2.75, 3.05) is 5.32 Å². The van der Waals surface area contributed by atoms with Crippen molar-refractivity contribution in [1.82, 2.24) is 4.98 Å². The van der Waals surface area contributed by atoms with E-state index in [1.165, 1.54) is 18.3 Å². The second kappa shape index (κ2) is 6.43. The lowest BCUT2D eigenvalue weighted by Gasteiger charge is -2.19. The molecule has 0 saturated heterocycles. The van der Waals surface area contributed by atoms with Gasteiger partial charge >= 0.3 is 5.97 Å². The predicted octanol–water partition coefficient (Wildman–Crippen LogP) is 2.32. The summed E-state index contributed by atoms with van der Waals surface area (Å²) in [6.45, 7) is 6.72. The molecule has 0 fully saturated rings. The van der Waals surface area contributed by atoms with Gasteiger partial charge < -0.3 is 10.4 Å². The Morgan fingerprint density at radius 1 is 1.38 bits per heavy atom. The highest BCUT2D eigenvalue weighted by atomic mass is 32.2. The van der Waals surface area contributed by atoms with Crippen LogP contribution in [0.25, 0.3) is 0 Å². The van der Waals surface area contributed by atoms with Gasteiger partial charge in [0, 0.05) is 0 Å². The number of aromatic nitrogens is 1. The highest BCUT2D eigenvalue weighted by Gasteiger charge is 2.32. The molecule has 0 amide bonds. The van der Waals surface area contributed by atoms with E-state index in [2.05, 4.69) is 10.3 Å². The molecule has 0 aliphatic carbocycles. The van der Waals surface area contributed by atoms with Crippen molar-refractivity contribution in [2.45, 2.75) is 56.4 Å². The van der Waals surface area contributed by atoms with Crippen LogP contribution in [0.5, 0.6) is 0 Å². The smallest absolute Gasteiger partial charge is 0.326 e. The Kier molecular flexibility index (Phi) is 5.33. The Morgan fingerprint density at radius 2 is 2.00 bits per heavy atom. The number of nitrogens with one attached hydrogen (secondary N) is 1. The lowest BCUT2D eigenvalue weighted by molar-refractivity contribution is -0.138. The van der Waals surface area contributed by atoms with Gasteiger partial charge in [0.2, 0.25) is 0 Å². The molecule has 7 heteroatoms. The Balaban J connectivity index is 2.96. The first kappa shape index (κ1) is 17.4. The zero-order chi connectivity index (χ0) is 16.3. The van der Waals surface area contributed by atoms with Gasteiger partial charge in [0.05, 0.1) is 16.6 Å². The van der Waals surface area contributed by atoms with Crippen LogP contribution in [0.4, 0.5) is 5.69 Å². The molecule has 0 aliphatic heterocycles. The van der Waals surface area contributed by atoms with Gasteiger partial charge in [0.1, 0.15) is 6.04 Å². The van der Waals surface area contributed by atoms with Crippen LogP contribution < -0.4 is 5.32 Å². The number of rotatable bonds is 6. The van der Waals surface area contributed by atoms with Crippen LogP contribution in [0.1, 0.15) is 40.5 Å². The Labute approximate surface area is 125 Å². The maximum Gasteiger partial charge on any atom is 0.326 e. The van der Waals surface area contributed by atoms with Gasteiger partial charge in [-0.15, -0.1) is 0 Å². The third-order valence-electron chi connectivity index (χ3n) is 3.03. The van der Waals surface area contributed by atoms with Crippen LogP contribution in [-0.2, 0) is 14.6 Å². The molecule has 1 rings (SSSR count). The number of carboxylic acid groups (broad SMARTS) is 1. The van der Waals surface area contributed by atoms with Crippen molar-refractivity contribution in [3.05, 3.63) is 18.3 Å². The summed E-state index contributed by atoms with van der Waals surface area (Å²) in [6, 6.07) is 2.23. The second-order valence-corrected chi connectivity index (χ2v) is 8.47. The Bertz CT molecular complexity index is 588. The molecule has 0 aliphatic rings. The van der Waals surface area contributed by atoms with E-state index in [1.807, 2.05) is 6.92 Å². The minimum Gasteiger partial charge on any atom is -0.480 e. The van der Waals surface area contributed by atoms with E-state index in [9.17, 15) is 13.2 Å². The molecule has 1 aromatic heterocycles. The summed E-state index contributed by atoms with van der Waals surface area (Å²) in [7, 11) is -3.50. The van der Waals surface area contributed by atoms with Crippen LogP contribution in [0, 0.1) is 0 Å². The summed E-state index contributed by atoms with van der Waals surface area (Å²) in [6.07, 6.45) is 2.56. The molecular formula is C14H22N2O4S. The van der Waals surface area contributed by atoms with Gasteiger partial charge in [-0.2, -0.15) is 0 Å². The number of pyridine rings is 1. The van der Waals surface area contributed by atoms with E-state index < -0.39 is 26.6 Å². The van der Waals surface area contributed by atoms with Crippen LogP contribution in [0.2, 0.25) is 0 Å². The summed E-state index contributed by atoms with van der Waals surface area (Å²) in [5.41, 5.74) is 0.490. The number of hydrogen-bond donors (Lipinski definition) is 2. The highest BCUT2D eigenvalue weighted by molar-refractivity contribution is 7.92. The van der Waals surface area contributed by atoms with E-state index in [1.54, 1.807) is 20.8 Å². The topological polar surface area (TPSA) is 96.4 Å². The van der Waals surface area contributed by atoms with Crippen LogP contribution >= 0.6 is 0 Å². The minimum absolute atomic E-state index is 0.0112. The standard InChI is InChI=1S/C14H22N2O4S/c1-5-6-11(13(17)18)16-10-7-8-12(15-9-10)21(19,20)14(2,3)4/h7-9,11,16H,5-6H2,1-4H3,(H,17,18). The summed E-state index contributed by atoms with van der Waals surface area (Å²) in [4.78, 5) is 15.0. The van der Waals surface area contributed by atoms with E-state index in [0.29, 0.717) is 12.1 Å². The van der Waals surface area contributed by atoms with E-state index in [-0.39, 0.29) is 5.03 Å². The van der Waals surface area contributed by atoms with Gasteiger partial charge in [0.15, 0.2) is 14.9 Å². The monoisotopic (exact) mass is 314 g/mol. The van der Waals surface area contributed by atoms with Crippen molar-refractivity contribution in [2.24, 2.45) is 0 Å². The van der Waals surface area contributed by atoms with Crippen molar-refractivity contribution in [1.29, 1.82) is 0 Å². The fourth-order valence-corrected chi connectivity index (χ4v) is 2.75. The zero-order valence-electron chi connectivity index (χ0n) is 12.8. The SMILES string of the molecule is CCCC(Nc1ccc(S(=O)(=O)C(C)(C)C)nc1)C(=O)O. The number of carbonyl (C=O) groups is 1. The third kappa shape index (κ3) is 4.17. The maximum absolute atomic E-state index is 12.2. The third-order valence-corrected chi connectivity index (χ3v) is 5.44. The van der Waals surface area contributed by atoms with E-state index >= 15 is 0 Å².